The third kappa shape index (κ3) is 2.66. The molecule has 0 N–H and O–H groups in total. The van der Waals surface area contributed by atoms with E-state index in [9.17, 15) is 17.6 Å². The van der Waals surface area contributed by atoms with Crippen molar-refractivity contribution in [2.45, 2.75) is 6.18 Å². The Bertz CT molecular complexity index is 1110. The van der Waals surface area contributed by atoms with Crippen molar-refractivity contribution in [3.05, 3.63) is 48.2 Å². The van der Waals surface area contributed by atoms with Crippen LogP contribution < -0.4 is 0 Å². The standard InChI is InChI=1S/C15H9F4N7/c1-25-23-13(22-24-25)9-6-8(2-3-10(9)16)11-7-20-14-21-12(15(17,18)19)4-5-26(11)14/h2-7H,1H3. The first kappa shape index (κ1) is 16.1. The van der Waals surface area contributed by atoms with E-state index in [4.69, 9.17) is 0 Å². The number of alkyl halides is 3. The van der Waals surface area contributed by atoms with Gasteiger partial charge in [0.2, 0.25) is 11.6 Å². The van der Waals surface area contributed by atoms with Gasteiger partial charge >= 0.3 is 6.18 Å². The number of fused-ring (bicyclic) bond motifs is 1. The molecule has 0 aliphatic heterocycles. The van der Waals surface area contributed by atoms with Crippen LogP contribution in [0.2, 0.25) is 0 Å². The number of halogens is 4. The molecule has 4 rings (SSSR count). The van der Waals surface area contributed by atoms with Gasteiger partial charge in [-0.15, -0.1) is 10.2 Å². The largest absolute Gasteiger partial charge is 0.433 e. The van der Waals surface area contributed by atoms with Gasteiger partial charge in [0.25, 0.3) is 0 Å². The lowest BCUT2D eigenvalue weighted by atomic mass is 10.1. The fraction of sp³-hybridized carbons (Fsp3) is 0.133. The van der Waals surface area contributed by atoms with Crippen molar-refractivity contribution in [3.8, 4) is 22.6 Å². The number of benzene rings is 1. The summed E-state index contributed by atoms with van der Waals surface area (Å²) in [6.45, 7) is 0. The summed E-state index contributed by atoms with van der Waals surface area (Å²) in [5, 5.41) is 11.4. The zero-order valence-electron chi connectivity index (χ0n) is 13.1. The van der Waals surface area contributed by atoms with Gasteiger partial charge in [0.05, 0.1) is 24.5 Å². The number of imidazole rings is 1. The Morgan fingerprint density at radius 3 is 2.62 bits per heavy atom. The SMILES string of the molecule is Cn1nnc(-c2cc(-c3cnc4nc(C(F)(F)F)ccn34)ccc2F)n1. The van der Waals surface area contributed by atoms with E-state index in [1.54, 1.807) is 7.05 Å². The van der Waals surface area contributed by atoms with E-state index in [0.717, 1.165) is 6.07 Å². The molecule has 4 aromatic rings. The number of rotatable bonds is 2. The van der Waals surface area contributed by atoms with E-state index in [2.05, 4.69) is 25.4 Å². The fourth-order valence-corrected chi connectivity index (χ4v) is 2.49. The second-order valence-corrected chi connectivity index (χ2v) is 5.42. The highest BCUT2D eigenvalue weighted by Crippen LogP contribution is 2.30. The molecule has 0 unspecified atom stereocenters. The maximum atomic E-state index is 14.1. The van der Waals surface area contributed by atoms with Crippen LogP contribution in [-0.2, 0) is 13.2 Å². The normalized spacial score (nSPS) is 12.0. The Labute approximate surface area is 142 Å². The molecule has 0 saturated heterocycles. The van der Waals surface area contributed by atoms with E-state index in [1.807, 2.05) is 0 Å². The summed E-state index contributed by atoms with van der Waals surface area (Å²) in [5.74, 6) is -0.565. The summed E-state index contributed by atoms with van der Waals surface area (Å²) in [7, 11) is 1.55. The van der Waals surface area contributed by atoms with Gasteiger partial charge in [0.15, 0.2) is 0 Å². The van der Waals surface area contributed by atoms with Crippen LogP contribution in [-0.4, -0.2) is 34.6 Å². The molecule has 0 amide bonds. The Morgan fingerprint density at radius 1 is 1.12 bits per heavy atom. The zero-order chi connectivity index (χ0) is 18.5. The van der Waals surface area contributed by atoms with Gasteiger partial charge in [-0.25, -0.2) is 14.4 Å². The number of aryl methyl sites for hydroxylation is 1. The van der Waals surface area contributed by atoms with Gasteiger partial charge < -0.3 is 0 Å². The van der Waals surface area contributed by atoms with Gasteiger partial charge in [-0.2, -0.15) is 18.0 Å². The minimum absolute atomic E-state index is 0.0955. The summed E-state index contributed by atoms with van der Waals surface area (Å²) in [6.07, 6.45) is -1.98. The average Bonchev–Trinajstić information content (AvgIpc) is 3.20. The fourth-order valence-electron chi connectivity index (χ4n) is 2.49. The Hall–Kier alpha value is -3.37. The molecule has 0 radical (unpaired) electrons. The monoisotopic (exact) mass is 363 g/mol. The quantitative estimate of drug-likeness (QED) is 0.512. The van der Waals surface area contributed by atoms with Crippen LogP contribution in [0.5, 0.6) is 0 Å². The van der Waals surface area contributed by atoms with E-state index in [-0.39, 0.29) is 17.2 Å². The molecule has 1 aromatic carbocycles. The Balaban J connectivity index is 1.83. The number of hydrogen-bond acceptors (Lipinski definition) is 5. The van der Waals surface area contributed by atoms with Crippen LogP contribution in [0.1, 0.15) is 5.69 Å². The summed E-state index contributed by atoms with van der Waals surface area (Å²) >= 11 is 0. The topological polar surface area (TPSA) is 73.8 Å². The molecule has 0 bridgehead atoms. The predicted octanol–water partition coefficient (Wildman–Crippen LogP) is 2.74. The van der Waals surface area contributed by atoms with Gasteiger partial charge in [-0.1, -0.05) is 0 Å². The molecular formula is C15H9F4N7. The number of tetrazole rings is 1. The van der Waals surface area contributed by atoms with Crippen molar-refractivity contribution >= 4 is 5.78 Å². The Kier molecular flexibility index (Phi) is 3.46. The van der Waals surface area contributed by atoms with Crippen molar-refractivity contribution in [3.63, 3.8) is 0 Å². The molecule has 7 nitrogen and oxygen atoms in total. The van der Waals surface area contributed by atoms with Crippen LogP contribution in [0.3, 0.4) is 0 Å². The Morgan fingerprint density at radius 2 is 1.92 bits per heavy atom. The molecule has 26 heavy (non-hydrogen) atoms. The molecule has 0 atom stereocenters. The molecule has 0 saturated carbocycles. The van der Waals surface area contributed by atoms with Gasteiger partial charge in [0, 0.05) is 11.8 Å². The second-order valence-electron chi connectivity index (χ2n) is 5.42. The minimum Gasteiger partial charge on any atom is -0.284 e. The van der Waals surface area contributed by atoms with Crippen LogP contribution in [0.25, 0.3) is 28.4 Å². The van der Waals surface area contributed by atoms with E-state index in [1.165, 1.54) is 39.8 Å². The number of hydrogen-bond donors (Lipinski definition) is 0. The average molecular weight is 363 g/mol. The molecule has 3 aromatic heterocycles. The lowest BCUT2D eigenvalue weighted by Gasteiger charge is -2.07. The number of aromatic nitrogens is 7. The van der Waals surface area contributed by atoms with Crippen LogP contribution >= 0.6 is 0 Å². The van der Waals surface area contributed by atoms with Gasteiger partial charge in [0.1, 0.15) is 11.5 Å². The van der Waals surface area contributed by atoms with Gasteiger partial charge in [-0.05, 0) is 29.5 Å². The highest BCUT2D eigenvalue weighted by molar-refractivity contribution is 5.69. The van der Waals surface area contributed by atoms with Crippen LogP contribution in [0.15, 0.2) is 36.7 Å². The van der Waals surface area contributed by atoms with E-state index >= 15 is 0 Å². The third-order valence-electron chi connectivity index (χ3n) is 3.68. The van der Waals surface area contributed by atoms with Crippen LogP contribution in [0.4, 0.5) is 17.6 Å². The zero-order valence-corrected chi connectivity index (χ0v) is 13.1. The van der Waals surface area contributed by atoms with Crippen molar-refractivity contribution in [2.24, 2.45) is 7.05 Å². The van der Waals surface area contributed by atoms with E-state index < -0.39 is 17.7 Å². The molecular weight excluding hydrogens is 354 g/mol. The summed E-state index contributed by atoms with van der Waals surface area (Å²) in [6, 6.07) is 5.04. The minimum atomic E-state index is -4.56. The highest BCUT2D eigenvalue weighted by atomic mass is 19.4. The molecule has 0 spiro atoms. The molecule has 132 valence electrons. The first-order valence-electron chi connectivity index (χ1n) is 7.28. The maximum Gasteiger partial charge on any atom is 0.433 e. The van der Waals surface area contributed by atoms with Gasteiger partial charge in [-0.3, -0.25) is 4.40 Å². The van der Waals surface area contributed by atoms with Crippen LogP contribution in [0, 0.1) is 5.82 Å². The highest BCUT2D eigenvalue weighted by Gasteiger charge is 2.33. The second kappa shape index (κ2) is 5.58. The smallest absolute Gasteiger partial charge is 0.284 e. The first-order chi connectivity index (χ1) is 12.3. The van der Waals surface area contributed by atoms with Crippen molar-refractivity contribution in [2.75, 3.05) is 0 Å². The molecule has 0 aliphatic rings. The lowest BCUT2D eigenvalue weighted by Crippen LogP contribution is -2.09. The third-order valence-corrected chi connectivity index (χ3v) is 3.68. The summed E-state index contributed by atoms with van der Waals surface area (Å²) in [4.78, 5) is 8.61. The molecule has 0 fully saturated rings. The van der Waals surface area contributed by atoms with Crippen molar-refractivity contribution in [1.29, 1.82) is 0 Å². The van der Waals surface area contributed by atoms with Crippen molar-refractivity contribution in [1.82, 2.24) is 34.6 Å². The van der Waals surface area contributed by atoms with E-state index in [0.29, 0.717) is 11.3 Å². The predicted molar refractivity (Wildman–Crippen MR) is 81.2 cm³/mol. The summed E-state index contributed by atoms with van der Waals surface area (Å²) in [5.41, 5.74) is 0.0467. The molecule has 0 aliphatic carbocycles. The lowest BCUT2D eigenvalue weighted by molar-refractivity contribution is -0.141. The summed E-state index contributed by atoms with van der Waals surface area (Å²) < 4.78 is 53.8. The van der Waals surface area contributed by atoms with Crippen molar-refractivity contribution < 1.29 is 17.6 Å². The first-order valence-corrected chi connectivity index (χ1v) is 7.28. The molecule has 3 heterocycles. The number of nitrogens with zero attached hydrogens (tertiary/aromatic N) is 7. The maximum absolute atomic E-state index is 14.1. The molecule has 11 heteroatoms.